The van der Waals surface area contributed by atoms with E-state index in [0.717, 1.165) is 0 Å². The number of hydrogen-bond donors (Lipinski definition) is 2. The van der Waals surface area contributed by atoms with Gasteiger partial charge in [-0.2, -0.15) is 32.0 Å². The Bertz CT molecular complexity index is 1580. The third kappa shape index (κ3) is 5.11. The number of anilines is 3. The minimum atomic E-state index is -5.83. The van der Waals surface area contributed by atoms with E-state index in [1.165, 1.54) is 43.1 Å². The Labute approximate surface area is 227 Å². The zero-order chi connectivity index (χ0) is 28.8. The molecule has 1 atom stereocenters. The molecule has 0 aromatic carbocycles. The van der Waals surface area contributed by atoms with Gasteiger partial charge in [0.2, 0.25) is 11.9 Å². The fourth-order valence-corrected chi connectivity index (χ4v) is 4.39. The van der Waals surface area contributed by atoms with Gasteiger partial charge in [-0.3, -0.25) is 9.48 Å². The summed E-state index contributed by atoms with van der Waals surface area (Å²) in [6.07, 6.45) is -2.89. The van der Waals surface area contributed by atoms with Crippen LogP contribution in [0.2, 0.25) is 5.02 Å². The van der Waals surface area contributed by atoms with Crippen LogP contribution >= 0.6 is 11.6 Å². The lowest BCUT2D eigenvalue weighted by Crippen LogP contribution is -2.36. The molecular formula is C23H20ClF5N8O3. The van der Waals surface area contributed by atoms with E-state index in [1.807, 2.05) is 0 Å². The first-order valence-electron chi connectivity index (χ1n) is 11.7. The Kier molecular flexibility index (Phi) is 6.99. The molecule has 0 saturated carbocycles. The molecule has 1 aliphatic rings. The molecule has 5 rings (SSSR count). The second kappa shape index (κ2) is 10.2. The summed E-state index contributed by atoms with van der Waals surface area (Å²) in [7, 11) is 1.53. The van der Waals surface area contributed by atoms with Crippen molar-refractivity contribution < 1.29 is 36.2 Å². The molecule has 0 aliphatic carbocycles. The predicted octanol–water partition coefficient (Wildman–Crippen LogP) is 5.32. The van der Waals surface area contributed by atoms with Crippen LogP contribution in [-0.4, -0.2) is 54.6 Å². The molecule has 0 spiro atoms. The van der Waals surface area contributed by atoms with Crippen LogP contribution in [0.25, 0.3) is 11.2 Å². The molecule has 0 bridgehead atoms. The van der Waals surface area contributed by atoms with Crippen LogP contribution in [0.15, 0.2) is 30.6 Å². The van der Waals surface area contributed by atoms with Gasteiger partial charge in [0.15, 0.2) is 17.2 Å². The van der Waals surface area contributed by atoms with Crippen molar-refractivity contribution in [2.75, 3.05) is 23.8 Å². The van der Waals surface area contributed by atoms with E-state index in [9.17, 15) is 26.7 Å². The van der Waals surface area contributed by atoms with Crippen molar-refractivity contribution in [3.8, 4) is 11.5 Å². The first kappa shape index (κ1) is 27.5. The number of aromatic nitrogens is 6. The minimum absolute atomic E-state index is 0.0209. The molecule has 212 valence electrons. The number of carbonyl (C=O) groups excluding carboxylic acids is 1. The Morgan fingerprint density at radius 3 is 2.65 bits per heavy atom. The number of carbonyl (C=O) groups is 1. The fourth-order valence-electron chi connectivity index (χ4n) is 4.09. The summed E-state index contributed by atoms with van der Waals surface area (Å²) in [4.78, 5) is 23.8. The number of ether oxygens (including phenoxy) is 2. The van der Waals surface area contributed by atoms with Crippen LogP contribution < -0.4 is 15.4 Å². The van der Waals surface area contributed by atoms with Gasteiger partial charge in [0, 0.05) is 38.9 Å². The standard InChI is InChI=1S/C23H20ClF5N8O3/c1-11(38)32-16-7-13(3-5-30-16)40-14-9-31-20-19(18(14)24)36(2)21(34-20)33-17-8-15(22(25,26)23(27,28)29)37(35-17)12-4-6-39-10-12/h3,5,7-9,12H,4,6,10H2,1-2H3,(H,30,32,38)(H,31,33,34,35)/t12-/m0/s1. The predicted molar refractivity (Wildman–Crippen MR) is 132 cm³/mol. The summed E-state index contributed by atoms with van der Waals surface area (Å²) in [6, 6.07) is 2.83. The quantitative estimate of drug-likeness (QED) is 0.279. The molecule has 5 heterocycles. The Balaban J connectivity index is 1.47. The molecule has 0 radical (unpaired) electrons. The van der Waals surface area contributed by atoms with Crippen LogP contribution in [0, 0.1) is 0 Å². The average Bonchev–Trinajstić information content (AvgIpc) is 3.60. The van der Waals surface area contributed by atoms with E-state index < -0.39 is 23.8 Å². The summed E-state index contributed by atoms with van der Waals surface area (Å²) in [5.74, 6) is -5.08. The van der Waals surface area contributed by atoms with E-state index in [4.69, 9.17) is 21.1 Å². The minimum Gasteiger partial charge on any atom is -0.454 e. The summed E-state index contributed by atoms with van der Waals surface area (Å²) < 4.78 is 81.5. The van der Waals surface area contributed by atoms with Crippen molar-refractivity contribution in [2.24, 2.45) is 7.05 Å². The number of halogens is 6. The largest absolute Gasteiger partial charge is 0.459 e. The van der Waals surface area contributed by atoms with Gasteiger partial charge in [0.25, 0.3) is 0 Å². The van der Waals surface area contributed by atoms with Gasteiger partial charge in [-0.05, 0) is 12.5 Å². The highest BCUT2D eigenvalue weighted by Crippen LogP contribution is 2.46. The summed E-state index contributed by atoms with van der Waals surface area (Å²) in [6.45, 7) is 1.48. The van der Waals surface area contributed by atoms with E-state index in [0.29, 0.717) is 16.5 Å². The Morgan fingerprint density at radius 1 is 1.20 bits per heavy atom. The number of amides is 1. The summed E-state index contributed by atoms with van der Waals surface area (Å²) in [5, 5.41) is 9.28. The number of nitrogens with one attached hydrogen (secondary N) is 2. The molecule has 2 N–H and O–H groups in total. The zero-order valence-corrected chi connectivity index (χ0v) is 21.5. The lowest BCUT2D eigenvalue weighted by molar-refractivity contribution is -0.292. The molecule has 40 heavy (non-hydrogen) atoms. The summed E-state index contributed by atoms with van der Waals surface area (Å²) in [5.41, 5.74) is -0.901. The second-order valence-corrected chi connectivity index (χ2v) is 9.22. The maximum absolute atomic E-state index is 14.4. The first-order valence-corrected chi connectivity index (χ1v) is 12.0. The van der Waals surface area contributed by atoms with Gasteiger partial charge in [0.1, 0.15) is 27.8 Å². The van der Waals surface area contributed by atoms with Crippen molar-refractivity contribution in [2.45, 2.75) is 31.5 Å². The monoisotopic (exact) mass is 586 g/mol. The van der Waals surface area contributed by atoms with Gasteiger partial charge in [-0.15, -0.1) is 0 Å². The number of pyridine rings is 2. The van der Waals surface area contributed by atoms with Gasteiger partial charge in [0.05, 0.1) is 18.8 Å². The molecule has 4 aromatic rings. The number of nitrogens with zero attached hydrogens (tertiary/aromatic N) is 6. The van der Waals surface area contributed by atoms with Crippen molar-refractivity contribution >= 4 is 46.3 Å². The van der Waals surface area contributed by atoms with Crippen molar-refractivity contribution in [1.29, 1.82) is 0 Å². The number of aryl methyl sites for hydroxylation is 1. The molecule has 1 saturated heterocycles. The SMILES string of the molecule is CC(=O)Nc1cc(Oc2cnc3nc(Nc4cc(C(F)(F)C(F)(F)F)n([C@H]5CCOC5)n4)n(C)c3c2Cl)ccn1. The second-order valence-electron chi connectivity index (χ2n) is 8.84. The third-order valence-electron chi connectivity index (χ3n) is 5.97. The number of fused-ring (bicyclic) bond motifs is 1. The maximum Gasteiger partial charge on any atom is 0.459 e. The topological polar surface area (TPSA) is 121 Å². The van der Waals surface area contributed by atoms with E-state index in [2.05, 4.69) is 30.7 Å². The molecule has 4 aromatic heterocycles. The van der Waals surface area contributed by atoms with Crippen LogP contribution in [0.3, 0.4) is 0 Å². The third-order valence-corrected chi connectivity index (χ3v) is 6.34. The van der Waals surface area contributed by atoms with Crippen LogP contribution in [-0.2, 0) is 22.5 Å². The van der Waals surface area contributed by atoms with E-state index in [-0.39, 0.29) is 65.1 Å². The number of imidazole rings is 1. The molecule has 0 unspecified atom stereocenters. The fraction of sp³-hybridized carbons (Fsp3) is 0.348. The highest BCUT2D eigenvalue weighted by atomic mass is 35.5. The van der Waals surface area contributed by atoms with E-state index in [1.54, 1.807) is 0 Å². The highest BCUT2D eigenvalue weighted by Gasteiger charge is 2.61. The molecular weight excluding hydrogens is 567 g/mol. The molecule has 1 aliphatic heterocycles. The van der Waals surface area contributed by atoms with Crippen molar-refractivity contribution in [1.82, 2.24) is 29.3 Å². The molecule has 17 heteroatoms. The zero-order valence-electron chi connectivity index (χ0n) is 20.8. The highest BCUT2D eigenvalue weighted by molar-refractivity contribution is 6.36. The summed E-state index contributed by atoms with van der Waals surface area (Å²) >= 11 is 6.57. The van der Waals surface area contributed by atoms with Crippen LogP contribution in [0.1, 0.15) is 25.1 Å². The maximum atomic E-state index is 14.4. The number of hydrogen-bond acceptors (Lipinski definition) is 8. The normalized spacial score (nSPS) is 15.9. The van der Waals surface area contributed by atoms with Gasteiger partial charge in [-0.25, -0.2) is 9.97 Å². The lowest BCUT2D eigenvalue weighted by atomic mass is 10.2. The van der Waals surface area contributed by atoms with Gasteiger partial charge >= 0.3 is 12.1 Å². The molecule has 1 amide bonds. The average molecular weight is 587 g/mol. The Hall–Kier alpha value is -4.05. The van der Waals surface area contributed by atoms with Crippen molar-refractivity contribution in [3.63, 3.8) is 0 Å². The molecule has 1 fully saturated rings. The Morgan fingerprint density at radius 2 is 1.98 bits per heavy atom. The number of alkyl halides is 5. The first-order chi connectivity index (χ1) is 18.8. The van der Waals surface area contributed by atoms with E-state index >= 15 is 0 Å². The number of rotatable bonds is 7. The molecule has 11 nitrogen and oxygen atoms in total. The lowest BCUT2D eigenvalue weighted by Gasteiger charge is -2.22. The van der Waals surface area contributed by atoms with Crippen LogP contribution in [0.5, 0.6) is 11.5 Å². The van der Waals surface area contributed by atoms with Crippen LogP contribution in [0.4, 0.5) is 39.5 Å². The van der Waals surface area contributed by atoms with Gasteiger partial charge in [-0.1, -0.05) is 11.6 Å². The smallest absolute Gasteiger partial charge is 0.454 e. The van der Waals surface area contributed by atoms with Gasteiger partial charge < -0.3 is 24.7 Å². The van der Waals surface area contributed by atoms with Crippen molar-refractivity contribution in [3.05, 3.63) is 41.3 Å².